The maximum Gasteiger partial charge on any atom is 0.172 e. The van der Waals surface area contributed by atoms with Crippen molar-refractivity contribution < 1.29 is 23.7 Å². The Hall–Kier alpha value is -0.200. The molecule has 0 fully saturated rings. The van der Waals surface area contributed by atoms with Gasteiger partial charge in [0.05, 0.1) is 0 Å². The highest BCUT2D eigenvalue weighted by molar-refractivity contribution is 4.84. The molecule has 0 aromatic carbocycles. The summed E-state index contributed by atoms with van der Waals surface area (Å²) in [6, 6.07) is 0. The monoisotopic (exact) mass is 1090 g/mol. The molecule has 0 aliphatic carbocycles. The van der Waals surface area contributed by atoms with E-state index in [0.717, 1.165) is 26.1 Å². The van der Waals surface area contributed by atoms with Crippen molar-refractivity contribution in [3.8, 4) is 0 Å². The highest BCUT2D eigenvalue weighted by atomic mass is 16.7. The third-order valence-corrected chi connectivity index (χ3v) is 18.2. The first kappa shape index (κ1) is 76.8. The number of methoxy groups -OCH3 is 4. The van der Waals surface area contributed by atoms with Gasteiger partial charge in [-0.2, -0.15) is 0 Å². The molecule has 0 heterocycles. The molecule has 0 saturated heterocycles. The zero-order valence-corrected chi connectivity index (χ0v) is 55.1. The van der Waals surface area contributed by atoms with Gasteiger partial charge in [0.25, 0.3) is 0 Å². The van der Waals surface area contributed by atoms with Gasteiger partial charge in [-0.25, -0.2) is 0 Å². The fraction of sp³-hybridized carbons (Fsp3) is 1.00. The molecular weight excluding hydrogens is 945 g/mol. The van der Waals surface area contributed by atoms with Crippen LogP contribution in [-0.2, 0) is 23.7 Å². The van der Waals surface area contributed by atoms with Crippen molar-refractivity contribution in [1.29, 1.82) is 0 Å². The van der Waals surface area contributed by atoms with Gasteiger partial charge in [-0.15, -0.1) is 0 Å². The predicted molar refractivity (Wildman–Crippen MR) is 342 cm³/mol. The van der Waals surface area contributed by atoms with E-state index >= 15 is 0 Å². The third-order valence-electron chi connectivity index (χ3n) is 18.2. The largest absolute Gasteiger partial charge is 0.381 e. The number of hydrogen-bond donors (Lipinski definition) is 0. The molecule has 0 saturated carbocycles. The summed E-state index contributed by atoms with van der Waals surface area (Å²) in [5, 5.41) is 0. The number of rotatable bonds is 64. The zero-order chi connectivity index (χ0) is 56.5. The lowest BCUT2D eigenvalue weighted by molar-refractivity contribution is -0.267. The molecule has 0 amide bonds. The molecule has 0 bridgehead atoms. The Morgan fingerprint density at radius 2 is 0.286 bits per heavy atom. The Morgan fingerprint density at radius 1 is 0.169 bits per heavy atom. The molecule has 0 aliphatic rings. The first-order valence-electron chi connectivity index (χ1n) is 35.2. The van der Waals surface area contributed by atoms with Gasteiger partial charge >= 0.3 is 0 Å². The normalized spacial score (nSPS) is 12.7. The van der Waals surface area contributed by atoms with E-state index in [4.69, 9.17) is 23.7 Å². The van der Waals surface area contributed by atoms with E-state index in [9.17, 15) is 0 Å². The maximum absolute atomic E-state index is 5.97. The van der Waals surface area contributed by atoms with Gasteiger partial charge in [0.1, 0.15) is 0 Å². The smallest absolute Gasteiger partial charge is 0.172 e. The van der Waals surface area contributed by atoms with Crippen molar-refractivity contribution in [2.45, 2.75) is 413 Å². The van der Waals surface area contributed by atoms with Crippen molar-refractivity contribution in [1.82, 2.24) is 0 Å². The first-order valence-corrected chi connectivity index (χ1v) is 35.2. The average molecular weight is 1090 g/mol. The molecule has 464 valence electrons. The highest BCUT2D eigenvalue weighted by Crippen LogP contribution is 2.39. The molecular formula is C72H146O5. The Kier molecular flexibility index (Phi) is 56.1. The van der Waals surface area contributed by atoms with Gasteiger partial charge in [-0.05, 0) is 25.7 Å². The molecule has 0 aliphatic heterocycles. The van der Waals surface area contributed by atoms with E-state index in [1.807, 2.05) is 0 Å². The first-order chi connectivity index (χ1) is 37.4. The van der Waals surface area contributed by atoms with Crippen molar-refractivity contribution in [2.24, 2.45) is 10.8 Å². The van der Waals surface area contributed by atoms with E-state index in [2.05, 4.69) is 41.5 Å². The summed E-state index contributed by atoms with van der Waals surface area (Å²) in [4.78, 5) is 0. The number of hydrogen-bond acceptors (Lipinski definition) is 5. The minimum atomic E-state index is -0.453. The van der Waals surface area contributed by atoms with E-state index in [0.29, 0.717) is 0 Å². The summed E-state index contributed by atoms with van der Waals surface area (Å²) in [5.74, 6) is -0.906. The highest BCUT2D eigenvalue weighted by Gasteiger charge is 2.43. The topological polar surface area (TPSA) is 46.2 Å². The Bertz CT molecular complexity index is 1030. The molecule has 5 nitrogen and oxygen atoms in total. The molecule has 0 unspecified atom stereocenters. The lowest BCUT2D eigenvalue weighted by atomic mass is 9.82. The van der Waals surface area contributed by atoms with Crippen LogP contribution in [0.4, 0.5) is 0 Å². The second-order valence-corrected chi connectivity index (χ2v) is 27.0. The Balaban J connectivity index is 3.19. The molecule has 0 spiro atoms. The van der Waals surface area contributed by atoms with Crippen LogP contribution in [0.15, 0.2) is 0 Å². The van der Waals surface area contributed by atoms with Crippen LogP contribution in [0, 0.1) is 10.8 Å². The third kappa shape index (κ3) is 46.9. The van der Waals surface area contributed by atoms with Crippen LogP contribution in [0.25, 0.3) is 0 Å². The van der Waals surface area contributed by atoms with E-state index in [-0.39, 0.29) is 10.8 Å². The number of ether oxygens (including phenoxy) is 5. The van der Waals surface area contributed by atoms with Gasteiger partial charge < -0.3 is 23.7 Å². The molecule has 0 N–H and O–H groups in total. The second-order valence-electron chi connectivity index (χ2n) is 27.0. The SMILES string of the molecule is COC(CCCCCCCCCCCCCCCCCCCCCCCCCCCCCOCCCCCCCCCCCCCCCCCCCCCCCCCCCCCC(OC)(OC)C(C)(C)C)(OC)C(C)(C)C. The van der Waals surface area contributed by atoms with Crippen LogP contribution in [0.2, 0.25) is 0 Å². The lowest BCUT2D eigenvalue weighted by Gasteiger charge is -2.42. The van der Waals surface area contributed by atoms with E-state index in [1.54, 1.807) is 28.4 Å². The molecule has 0 aromatic rings. The van der Waals surface area contributed by atoms with Crippen LogP contribution in [0.3, 0.4) is 0 Å². The zero-order valence-electron chi connectivity index (χ0n) is 55.1. The van der Waals surface area contributed by atoms with Gasteiger partial charge in [0.2, 0.25) is 0 Å². The fourth-order valence-electron chi connectivity index (χ4n) is 12.6. The second kappa shape index (κ2) is 56.3. The average Bonchev–Trinajstić information content (AvgIpc) is 3.41. The van der Waals surface area contributed by atoms with Crippen LogP contribution in [0.5, 0.6) is 0 Å². The standard InChI is InChI=1S/C72H146O5/c1-69(2,3)71(73-7,74-8)65-61-57-53-49-45-41-37-33-29-25-21-17-13-11-15-19-23-27-31-35-39-43-47-51-55-59-63-67-77-68-64-60-56-52-48-44-40-36-32-28-24-20-16-12-14-18-22-26-30-34-38-42-46-50-54-58-62-66-72(75-9,76-10)70(4,5)6/h11-68H2,1-10H3. The summed E-state index contributed by atoms with van der Waals surface area (Å²) in [6.07, 6.45) is 78.7. The van der Waals surface area contributed by atoms with Gasteiger partial charge in [0.15, 0.2) is 11.6 Å². The molecule has 0 aromatic heterocycles. The molecule has 0 atom stereocenters. The summed E-state index contributed by atoms with van der Waals surface area (Å²) in [7, 11) is 7.17. The lowest BCUT2D eigenvalue weighted by Crippen LogP contribution is -2.46. The minimum Gasteiger partial charge on any atom is -0.381 e. The maximum atomic E-state index is 5.97. The van der Waals surface area contributed by atoms with Gasteiger partial charge in [-0.3, -0.25) is 0 Å². The summed E-state index contributed by atoms with van der Waals surface area (Å²) in [6.45, 7) is 15.3. The van der Waals surface area contributed by atoms with Crippen LogP contribution in [-0.4, -0.2) is 53.2 Å². The predicted octanol–water partition coefficient (Wildman–Crippen LogP) is 24.9. The quantitative estimate of drug-likeness (QED) is 0.0449. The van der Waals surface area contributed by atoms with Crippen molar-refractivity contribution in [3.05, 3.63) is 0 Å². The summed E-state index contributed by atoms with van der Waals surface area (Å²) in [5.41, 5.74) is -0.00984. The Morgan fingerprint density at radius 3 is 0.403 bits per heavy atom. The molecule has 0 rings (SSSR count). The molecule has 0 radical (unpaired) electrons. The summed E-state index contributed by atoms with van der Waals surface area (Å²) < 4.78 is 29.3. The van der Waals surface area contributed by atoms with Gasteiger partial charge in [-0.1, -0.05) is 363 Å². The van der Waals surface area contributed by atoms with Gasteiger partial charge in [0, 0.05) is 65.3 Å². The van der Waals surface area contributed by atoms with Crippen molar-refractivity contribution in [3.63, 3.8) is 0 Å². The number of unbranched alkanes of at least 4 members (excludes halogenated alkanes) is 52. The van der Waals surface area contributed by atoms with E-state index < -0.39 is 11.6 Å². The van der Waals surface area contributed by atoms with Crippen LogP contribution < -0.4 is 0 Å². The van der Waals surface area contributed by atoms with Crippen molar-refractivity contribution >= 4 is 0 Å². The Labute approximate surface area is 486 Å². The van der Waals surface area contributed by atoms with Crippen molar-refractivity contribution in [2.75, 3.05) is 41.7 Å². The van der Waals surface area contributed by atoms with Crippen LogP contribution >= 0.6 is 0 Å². The summed E-state index contributed by atoms with van der Waals surface area (Å²) >= 11 is 0. The molecule has 5 heteroatoms. The van der Waals surface area contributed by atoms with Crippen LogP contribution in [0.1, 0.15) is 401 Å². The van der Waals surface area contributed by atoms with E-state index in [1.165, 1.54) is 347 Å². The molecule has 77 heavy (non-hydrogen) atoms. The minimum absolute atomic E-state index is 0.00492. The fourth-order valence-corrected chi connectivity index (χ4v) is 12.6.